The third-order valence-electron chi connectivity index (χ3n) is 3.39. The number of carbonyl (C=O) groups is 4. The summed E-state index contributed by atoms with van der Waals surface area (Å²) in [5, 5.41) is 4.42. The van der Waals surface area contributed by atoms with Crippen molar-refractivity contribution in [3.05, 3.63) is 29.8 Å². The first-order valence-corrected chi connectivity index (χ1v) is 7.66. The van der Waals surface area contributed by atoms with E-state index in [-0.39, 0.29) is 11.5 Å². The minimum absolute atomic E-state index is 0.0156. The molecule has 24 heavy (non-hydrogen) atoms. The SMILES string of the molecule is CCNC(=O)NC(=O)COC(=O)c1cccc(N2CCCC2=O)c1. The maximum Gasteiger partial charge on any atom is 0.338 e. The van der Waals surface area contributed by atoms with Crippen molar-refractivity contribution in [2.45, 2.75) is 19.8 Å². The number of ether oxygens (including phenoxy) is 1. The van der Waals surface area contributed by atoms with Crippen molar-refractivity contribution in [2.24, 2.45) is 0 Å². The van der Waals surface area contributed by atoms with Crippen LogP contribution >= 0.6 is 0 Å². The van der Waals surface area contributed by atoms with E-state index in [1.165, 1.54) is 6.07 Å². The first kappa shape index (κ1) is 17.5. The van der Waals surface area contributed by atoms with E-state index in [4.69, 9.17) is 4.74 Å². The predicted molar refractivity (Wildman–Crippen MR) is 85.5 cm³/mol. The Labute approximate surface area is 139 Å². The Bertz CT molecular complexity index is 659. The van der Waals surface area contributed by atoms with E-state index in [0.29, 0.717) is 25.2 Å². The summed E-state index contributed by atoms with van der Waals surface area (Å²) in [4.78, 5) is 48.0. The first-order valence-electron chi connectivity index (χ1n) is 7.66. The summed E-state index contributed by atoms with van der Waals surface area (Å²) in [7, 11) is 0. The Kier molecular flexibility index (Phi) is 5.89. The van der Waals surface area contributed by atoms with Crippen LogP contribution in [0.25, 0.3) is 0 Å². The third-order valence-corrected chi connectivity index (χ3v) is 3.39. The van der Waals surface area contributed by atoms with Crippen LogP contribution in [0, 0.1) is 0 Å². The molecule has 0 atom stereocenters. The van der Waals surface area contributed by atoms with Gasteiger partial charge in [-0.1, -0.05) is 6.07 Å². The summed E-state index contributed by atoms with van der Waals surface area (Å²) in [5.74, 6) is -1.41. The zero-order valence-corrected chi connectivity index (χ0v) is 13.3. The van der Waals surface area contributed by atoms with E-state index in [0.717, 1.165) is 6.42 Å². The average molecular weight is 333 g/mol. The van der Waals surface area contributed by atoms with Crippen molar-refractivity contribution >= 4 is 29.5 Å². The largest absolute Gasteiger partial charge is 0.452 e. The van der Waals surface area contributed by atoms with Gasteiger partial charge in [0.05, 0.1) is 5.56 Å². The molecule has 1 heterocycles. The van der Waals surface area contributed by atoms with Crippen LogP contribution in [-0.4, -0.2) is 43.5 Å². The molecule has 2 N–H and O–H groups in total. The molecule has 1 fully saturated rings. The van der Waals surface area contributed by atoms with E-state index < -0.39 is 24.5 Å². The molecule has 2 rings (SSSR count). The number of nitrogens with one attached hydrogen (secondary N) is 2. The second kappa shape index (κ2) is 8.09. The Morgan fingerprint density at radius 2 is 2.08 bits per heavy atom. The van der Waals surface area contributed by atoms with Crippen LogP contribution in [0.2, 0.25) is 0 Å². The minimum Gasteiger partial charge on any atom is -0.452 e. The van der Waals surface area contributed by atoms with Gasteiger partial charge in [-0.15, -0.1) is 0 Å². The van der Waals surface area contributed by atoms with Crippen LogP contribution < -0.4 is 15.5 Å². The highest BCUT2D eigenvalue weighted by Gasteiger charge is 2.22. The summed E-state index contributed by atoms with van der Waals surface area (Å²) in [5.41, 5.74) is 0.858. The average Bonchev–Trinajstić information content (AvgIpc) is 2.99. The molecular weight excluding hydrogens is 314 g/mol. The monoisotopic (exact) mass is 333 g/mol. The molecule has 1 saturated heterocycles. The summed E-state index contributed by atoms with van der Waals surface area (Å²) >= 11 is 0. The molecule has 0 saturated carbocycles. The van der Waals surface area contributed by atoms with Gasteiger partial charge in [0, 0.05) is 25.2 Å². The molecule has 1 aliphatic heterocycles. The number of rotatable bonds is 5. The molecular formula is C16H19N3O5. The number of imide groups is 1. The molecule has 4 amide bonds. The zero-order chi connectivity index (χ0) is 17.5. The molecule has 1 aromatic rings. The fraction of sp³-hybridized carbons (Fsp3) is 0.375. The normalized spacial score (nSPS) is 13.5. The van der Waals surface area contributed by atoms with Crippen LogP contribution in [0.15, 0.2) is 24.3 Å². The Balaban J connectivity index is 1.92. The number of benzene rings is 1. The van der Waals surface area contributed by atoms with Crippen LogP contribution in [0.4, 0.5) is 10.5 Å². The van der Waals surface area contributed by atoms with E-state index in [2.05, 4.69) is 5.32 Å². The van der Waals surface area contributed by atoms with Crippen molar-refractivity contribution in [1.29, 1.82) is 0 Å². The summed E-state index contributed by atoms with van der Waals surface area (Å²) in [6.07, 6.45) is 1.28. The van der Waals surface area contributed by atoms with Gasteiger partial charge in [0.25, 0.3) is 5.91 Å². The fourth-order valence-corrected chi connectivity index (χ4v) is 2.30. The Morgan fingerprint density at radius 1 is 1.29 bits per heavy atom. The highest BCUT2D eigenvalue weighted by Crippen LogP contribution is 2.22. The van der Waals surface area contributed by atoms with E-state index >= 15 is 0 Å². The van der Waals surface area contributed by atoms with Gasteiger partial charge >= 0.3 is 12.0 Å². The molecule has 0 radical (unpaired) electrons. The van der Waals surface area contributed by atoms with Gasteiger partial charge in [-0.25, -0.2) is 9.59 Å². The second-order valence-electron chi connectivity index (χ2n) is 5.18. The number of hydrogen-bond donors (Lipinski definition) is 2. The highest BCUT2D eigenvalue weighted by atomic mass is 16.5. The number of carbonyl (C=O) groups excluding carboxylic acids is 4. The van der Waals surface area contributed by atoms with Gasteiger partial charge in [0.2, 0.25) is 5.91 Å². The molecule has 1 aromatic carbocycles. The van der Waals surface area contributed by atoms with Crippen LogP contribution in [0.1, 0.15) is 30.1 Å². The molecule has 0 bridgehead atoms. The number of nitrogens with zero attached hydrogens (tertiary/aromatic N) is 1. The zero-order valence-electron chi connectivity index (χ0n) is 13.3. The molecule has 1 aliphatic rings. The molecule has 8 heteroatoms. The number of hydrogen-bond acceptors (Lipinski definition) is 5. The van der Waals surface area contributed by atoms with Crippen molar-refractivity contribution in [1.82, 2.24) is 10.6 Å². The number of urea groups is 1. The second-order valence-corrected chi connectivity index (χ2v) is 5.18. The van der Waals surface area contributed by atoms with Crippen molar-refractivity contribution in [3.8, 4) is 0 Å². The van der Waals surface area contributed by atoms with Crippen LogP contribution in [-0.2, 0) is 14.3 Å². The Hall–Kier alpha value is -2.90. The van der Waals surface area contributed by atoms with E-state index in [9.17, 15) is 19.2 Å². The first-order chi connectivity index (χ1) is 11.5. The third kappa shape index (κ3) is 4.55. The van der Waals surface area contributed by atoms with Gasteiger partial charge in [0.15, 0.2) is 6.61 Å². The lowest BCUT2D eigenvalue weighted by Gasteiger charge is -2.16. The topological polar surface area (TPSA) is 105 Å². The van der Waals surface area contributed by atoms with Gasteiger partial charge in [-0.05, 0) is 31.5 Å². The summed E-state index contributed by atoms with van der Waals surface area (Å²) in [6.45, 7) is 2.14. The van der Waals surface area contributed by atoms with Gasteiger partial charge in [-0.2, -0.15) is 0 Å². The van der Waals surface area contributed by atoms with Crippen LogP contribution in [0.3, 0.4) is 0 Å². The molecule has 128 valence electrons. The van der Waals surface area contributed by atoms with Crippen molar-refractivity contribution in [3.63, 3.8) is 0 Å². The standard InChI is InChI=1S/C16H19N3O5/c1-2-17-16(23)18-13(20)10-24-15(22)11-5-3-6-12(9-11)19-8-4-7-14(19)21/h3,5-6,9H,2,4,7-8,10H2,1H3,(H2,17,18,20,23). The quantitative estimate of drug-likeness (QED) is 0.776. The van der Waals surface area contributed by atoms with Crippen molar-refractivity contribution < 1.29 is 23.9 Å². The fourth-order valence-electron chi connectivity index (χ4n) is 2.30. The van der Waals surface area contributed by atoms with E-state index in [1.807, 2.05) is 5.32 Å². The summed E-state index contributed by atoms with van der Waals surface area (Å²) in [6, 6.07) is 5.82. The molecule has 0 aliphatic carbocycles. The predicted octanol–water partition coefficient (Wildman–Crippen LogP) is 0.816. The smallest absolute Gasteiger partial charge is 0.338 e. The van der Waals surface area contributed by atoms with Gasteiger partial charge in [0.1, 0.15) is 0 Å². The lowest BCUT2D eigenvalue weighted by Crippen LogP contribution is -2.41. The minimum atomic E-state index is -0.722. The van der Waals surface area contributed by atoms with E-state index in [1.54, 1.807) is 30.0 Å². The van der Waals surface area contributed by atoms with Gasteiger partial charge in [-0.3, -0.25) is 14.9 Å². The lowest BCUT2D eigenvalue weighted by molar-refractivity contribution is -0.123. The Morgan fingerprint density at radius 3 is 2.75 bits per heavy atom. The molecule has 0 aromatic heterocycles. The van der Waals surface area contributed by atoms with Gasteiger partial charge < -0.3 is 15.0 Å². The molecule has 8 nitrogen and oxygen atoms in total. The number of esters is 1. The van der Waals surface area contributed by atoms with Crippen molar-refractivity contribution in [2.75, 3.05) is 24.6 Å². The number of anilines is 1. The maximum absolute atomic E-state index is 12.0. The maximum atomic E-state index is 12.0. The lowest BCUT2D eigenvalue weighted by atomic mass is 10.2. The molecule has 0 unspecified atom stereocenters. The summed E-state index contributed by atoms with van der Waals surface area (Å²) < 4.78 is 4.88. The highest BCUT2D eigenvalue weighted by molar-refractivity contribution is 5.99. The van der Waals surface area contributed by atoms with Crippen LogP contribution in [0.5, 0.6) is 0 Å². The number of amides is 4. The molecule has 0 spiro atoms.